The Morgan fingerprint density at radius 3 is 2.75 bits per heavy atom. The average molecular weight is 322 g/mol. The maximum Gasteiger partial charge on any atom is 0.0625 e. The highest BCUT2D eigenvalue weighted by Gasteiger charge is 2.36. The predicted octanol–water partition coefficient (Wildman–Crippen LogP) is 5.60. The Bertz CT molecular complexity index is 671. The zero-order chi connectivity index (χ0) is 17.3. The van der Waals surface area contributed by atoms with Gasteiger partial charge in [0.15, 0.2) is 0 Å². The van der Waals surface area contributed by atoms with Crippen LogP contribution in [0.5, 0.6) is 0 Å². The average Bonchev–Trinajstić information content (AvgIpc) is 2.93. The molecule has 1 N–H and O–H groups in total. The second-order valence-electron chi connectivity index (χ2n) is 7.46. The third-order valence-corrected chi connectivity index (χ3v) is 5.54. The summed E-state index contributed by atoms with van der Waals surface area (Å²) in [6.45, 7) is 15.9. The van der Waals surface area contributed by atoms with Crippen LogP contribution >= 0.6 is 0 Å². The molecule has 2 heteroatoms. The Hall–Kier alpha value is -1.80. The Balaban J connectivity index is 2.12. The van der Waals surface area contributed by atoms with Crippen molar-refractivity contribution in [1.82, 2.24) is 4.90 Å². The first-order valence-electron chi connectivity index (χ1n) is 9.13. The minimum Gasteiger partial charge on any atom is -0.358 e. The Morgan fingerprint density at radius 1 is 1.33 bits per heavy atom. The molecule has 1 aromatic rings. The molecule has 0 aromatic heterocycles. The first kappa shape index (κ1) is 17.0. The molecule has 3 unspecified atom stereocenters. The number of fused-ring (bicyclic) bond motifs is 1. The largest absolute Gasteiger partial charge is 0.358 e. The molecule has 0 radical (unpaired) electrons. The Morgan fingerprint density at radius 2 is 2.12 bits per heavy atom. The topological polar surface area (TPSA) is 15.3 Å². The van der Waals surface area contributed by atoms with Gasteiger partial charge in [0.1, 0.15) is 0 Å². The molecule has 128 valence electrons. The number of nitrogens with zero attached hydrogens (tertiary/aromatic N) is 1. The number of anilines is 1. The summed E-state index contributed by atoms with van der Waals surface area (Å²) in [5.74, 6) is 0.815. The minimum atomic E-state index is 0.254. The van der Waals surface area contributed by atoms with Crippen LogP contribution in [-0.2, 0) is 0 Å². The molecule has 3 atom stereocenters. The second-order valence-corrected chi connectivity index (χ2v) is 7.46. The van der Waals surface area contributed by atoms with Gasteiger partial charge in [-0.25, -0.2) is 0 Å². The number of rotatable bonds is 3. The molecule has 2 nitrogen and oxygen atoms in total. The van der Waals surface area contributed by atoms with Gasteiger partial charge in [0.05, 0.1) is 6.04 Å². The Labute approximate surface area is 146 Å². The van der Waals surface area contributed by atoms with Crippen LogP contribution in [0.1, 0.15) is 50.3 Å². The molecule has 1 aromatic carbocycles. The normalized spacial score (nSPS) is 28.2. The first-order valence-corrected chi connectivity index (χ1v) is 9.13. The van der Waals surface area contributed by atoms with E-state index in [1.807, 2.05) is 6.08 Å². The van der Waals surface area contributed by atoms with Gasteiger partial charge in [0, 0.05) is 24.0 Å². The van der Waals surface area contributed by atoms with Crippen molar-refractivity contribution < 1.29 is 0 Å². The SMILES string of the molecule is C=C/C(=C\C)C1c2cc(C)ccc2NC(=C)CN1C1CCC(C)C1. The van der Waals surface area contributed by atoms with Crippen LogP contribution in [0, 0.1) is 12.8 Å². The van der Waals surface area contributed by atoms with Crippen LogP contribution in [0.3, 0.4) is 0 Å². The van der Waals surface area contributed by atoms with E-state index in [1.54, 1.807) is 0 Å². The van der Waals surface area contributed by atoms with E-state index in [2.05, 4.69) is 68.4 Å². The van der Waals surface area contributed by atoms with Crippen molar-refractivity contribution >= 4 is 5.69 Å². The summed E-state index contributed by atoms with van der Waals surface area (Å²) in [7, 11) is 0. The van der Waals surface area contributed by atoms with Crippen molar-refractivity contribution in [3.63, 3.8) is 0 Å². The van der Waals surface area contributed by atoms with Crippen molar-refractivity contribution in [3.8, 4) is 0 Å². The molecule has 0 saturated heterocycles. The van der Waals surface area contributed by atoms with Gasteiger partial charge < -0.3 is 5.32 Å². The van der Waals surface area contributed by atoms with E-state index in [1.165, 1.54) is 41.6 Å². The van der Waals surface area contributed by atoms with Gasteiger partial charge in [-0.3, -0.25) is 4.90 Å². The van der Waals surface area contributed by atoms with Crippen LogP contribution in [0.25, 0.3) is 0 Å². The number of hydrogen-bond acceptors (Lipinski definition) is 2. The van der Waals surface area contributed by atoms with Gasteiger partial charge in [-0.1, -0.05) is 49.9 Å². The van der Waals surface area contributed by atoms with Gasteiger partial charge >= 0.3 is 0 Å². The van der Waals surface area contributed by atoms with Crippen LogP contribution < -0.4 is 5.32 Å². The monoisotopic (exact) mass is 322 g/mol. The Kier molecular flexibility index (Phi) is 4.96. The van der Waals surface area contributed by atoms with Gasteiger partial charge in [-0.2, -0.15) is 0 Å². The molecular weight excluding hydrogens is 292 g/mol. The summed E-state index contributed by atoms with van der Waals surface area (Å²) >= 11 is 0. The fraction of sp³-hybridized carbons (Fsp3) is 0.455. The molecule has 1 aliphatic heterocycles. The van der Waals surface area contributed by atoms with Crippen molar-refractivity contribution in [2.75, 3.05) is 11.9 Å². The molecular formula is C22H30N2. The van der Waals surface area contributed by atoms with Crippen LogP contribution in [0.2, 0.25) is 0 Å². The summed E-state index contributed by atoms with van der Waals surface area (Å²) in [5.41, 5.74) is 6.21. The molecule has 1 fully saturated rings. The number of nitrogens with one attached hydrogen (secondary N) is 1. The zero-order valence-electron chi connectivity index (χ0n) is 15.3. The van der Waals surface area contributed by atoms with E-state index in [0.717, 1.165) is 18.2 Å². The van der Waals surface area contributed by atoms with Crippen molar-refractivity contribution in [1.29, 1.82) is 0 Å². The maximum absolute atomic E-state index is 4.28. The molecule has 24 heavy (non-hydrogen) atoms. The van der Waals surface area contributed by atoms with Crippen molar-refractivity contribution in [3.05, 3.63) is 65.9 Å². The lowest BCUT2D eigenvalue weighted by Crippen LogP contribution is -2.38. The van der Waals surface area contributed by atoms with E-state index < -0.39 is 0 Å². The van der Waals surface area contributed by atoms with Gasteiger partial charge in [0.25, 0.3) is 0 Å². The lowest BCUT2D eigenvalue weighted by atomic mass is 9.92. The smallest absolute Gasteiger partial charge is 0.0625 e. The number of allylic oxidation sites excluding steroid dienone is 1. The number of aryl methyl sites for hydroxylation is 1. The highest BCUT2D eigenvalue weighted by atomic mass is 15.2. The van der Waals surface area contributed by atoms with E-state index >= 15 is 0 Å². The quantitative estimate of drug-likeness (QED) is 0.729. The predicted molar refractivity (Wildman–Crippen MR) is 104 cm³/mol. The molecule has 1 saturated carbocycles. The fourth-order valence-corrected chi connectivity index (χ4v) is 4.32. The first-order chi connectivity index (χ1) is 11.5. The van der Waals surface area contributed by atoms with Crippen LogP contribution in [0.15, 0.2) is 54.8 Å². The molecule has 0 bridgehead atoms. The second kappa shape index (κ2) is 6.98. The van der Waals surface area contributed by atoms with Gasteiger partial charge in [-0.05, 0) is 56.2 Å². The molecule has 2 aliphatic rings. The highest BCUT2D eigenvalue weighted by Crippen LogP contribution is 2.42. The van der Waals surface area contributed by atoms with E-state index in [-0.39, 0.29) is 6.04 Å². The van der Waals surface area contributed by atoms with Gasteiger partial charge in [0.2, 0.25) is 0 Å². The lowest BCUT2D eigenvalue weighted by Gasteiger charge is -2.36. The van der Waals surface area contributed by atoms with Crippen LogP contribution in [0.4, 0.5) is 5.69 Å². The summed E-state index contributed by atoms with van der Waals surface area (Å²) in [4.78, 5) is 2.65. The standard InChI is InChI=1S/C22H30N2/c1-6-18(7-2)22-20-13-16(4)9-11-21(20)23-17(5)14-24(22)19-10-8-15(3)12-19/h6-7,9,11,13,15,19,22-23H,1,5,8,10,12,14H2,2-4H3/b18-7+. The molecule has 0 amide bonds. The molecule has 3 rings (SSSR count). The zero-order valence-corrected chi connectivity index (χ0v) is 15.3. The number of hydrogen-bond donors (Lipinski definition) is 1. The van der Waals surface area contributed by atoms with E-state index in [4.69, 9.17) is 0 Å². The maximum atomic E-state index is 4.28. The molecule has 0 spiro atoms. The summed E-state index contributed by atoms with van der Waals surface area (Å²) < 4.78 is 0. The number of benzene rings is 1. The minimum absolute atomic E-state index is 0.254. The third-order valence-electron chi connectivity index (χ3n) is 5.54. The van der Waals surface area contributed by atoms with E-state index in [0.29, 0.717) is 6.04 Å². The highest BCUT2D eigenvalue weighted by molar-refractivity contribution is 5.61. The van der Waals surface area contributed by atoms with Crippen molar-refractivity contribution in [2.45, 2.75) is 52.1 Å². The van der Waals surface area contributed by atoms with Crippen LogP contribution in [-0.4, -0.2) is 17.5 Å². The summed E-state index contributed by atoms with van der Waals surface area (Å²) in [5, 5.41) is 3.55. The van der Waals surface area contributed by atoms with Crippen molar-refractivity contribution in [2.24, 2.45) is 5.92 Å². The molecule has 1 aliphatic carbocycles. The fourth-order valence-electron chi connectivity index (χ4n) is 4.32. The summed E-state index contributed by atoms with van der Waals surface area (Å²) in [6, 6.07) is 7.56. The van der Waals surface area contributed by atoms with Gasteiger partial charge in [-0.15, -0.1) is 0 Å². The molecule has 1 heterocycles. The summed E-state index contributed by atoms with van der Waals surface area (Å²) in [6.07, 6.45) is 8.12. The van der Waals surface area contributed by atoms with E-state index in [9.17, 15) is 0 Å². The lowest BCUT2D eigenvalue weighted by molar-refractivity contribution is 0.172. The third kappa shape index (κ3) is 3.21.